The Morgan fingerprint density at radius 3 is 1.86 bits per heavy atom. The summed E-state index contributed by atoms with van der Waals surface area (Å²) in [5.41, 5.74) is 1.60. The highest BCUT2D eigenvalue weighted by atomic mass is 127. The molecule has 0 saturated heterocycles. The predicted molar refractivity (Wildman–Crippen MR) is 120 cm³/mol. The van der Waals surface area contributed by atoms with Gasteiger partial charge in [0.05, 0.1) is 0 Å². The molecule has 1 unspecified atom stereocenters. The molecular formula is C18H27I3. The van der Waals surface area contributed by atoms with Crippen LogP contribution in [0.4, 0.5) is 0 Å². The molecule has 0 nitrogen and oxygen atoms in total. The molecule has 1 atom stereocenters. The molecular weight excluding hydrogens is 597 g/mol. The summed E-state index contributed by atoms with van der Waals surface area (Å²) in [5.74, 6) is 0.769. The lowest BCUT2D eigenvalue weighted by molar-refractivity contribution is 0.500. The van der Waals surface area contributed by atoms with Crippen molar-refractivity contribution in [3.05, 3.63) is 28.4 Å². The van der Waals surface area contributed by atoms with Gasteiger partial charge >= 0.3 is 0 Å². The molecule has 0 fully saturated rings. The van der Waals surface area contributed by atoms with Gasteiger partial charge in [-0.3, -0.25) is 0 Å². The molecule has 0 aliphatic carbocycles. The van der Waals surface area contributed by atoms with E-state index in [1.54, 1.807) is 5.56 Å². The van der Waals surface area contributed by atoms with Crippen molar-refractivity contribution in [2.24, 2.45) is 0 Å². The van der Waals surface area contributed by atoms with E-state index >= 15 is 0 Å². The standard InChI is InChI=1S/C18H27I3/c1-3-5-7-9-11-14(10-8-6-4-2)15-12-17(20)18(21)13-16(15)19/h12-14H,3-11H2,1-2H3. The van der Waals surface area contributed by atoms with Gasteiger partial charge in [-0.2, -0.15) is 0 Å². The van der Waals surface area contributed by atoms with E-state index in [1.165, 1.54) is 68.5 Å². The van der Waals surface area contributed by atoms with Crippen LogP contribution < -0.4 is 0 Å². The number of hydrogen-bond donors (Lipinski definition) is 0. The van der Waals surface area contributed by atoms with Crippen molar-refractivity contribution in [3.8, 4) is 0 Å². The summed E-state index contributed by atoms with van der Waals surface area (Å²) in [4.78, 5) is 0. The molecule has 0 heterocycles. The molecule has 3 heteroatoms. The van der Waals surface area contributed by atoms with E-state index in [0.29, 0.717) is 0 Å². The maximum atomic E-state index is 2.54. The van der Waals surface area contributed by atoms with E-state index in [-0.39, 0.29) is 0 Å². The Hall–Kier alpha value is 1.41. The zero-order valence-corrected chi connectivity index (χ0v) is 19.7. The smallest absolute Gasteiger partial charge is 0.0274 e. The third-order valence-corrected chi connectivity index (χ3v) is 7.79. The zero-order valence-electron chi connectivity index (χ0n) is 13.2. The van der Waals surface area contributed by atoms with Crippen molar-refractivity contribution in [1.82, 2.24) is 0 Å². The molecule has 1 aromatic rings. The van der Waals surface area contributed by atoms with Crippen molar-refractivity contribution >= 4 is 67.8 Å². The first kappa shape index (κ1) is 20.5. The van der Waals surface area contributed by atoms with E-state index in [1.807, 2.05) is 0 Å². The third-order valence-electron chi connectivity index (χ3n) is 4.04. The van der Waals surface area contributed by atoms with Crippen molar-refractivity contribution < 1.29 is 0 Å². The van der Waals surface area contributed by atoms with Crippen molar-refractivity contribution in [1.29, 1.82) is 0 Å². The van der Waals surface area contributed by atoms with Gasteiger partial charge in [0.2, 0.25) is 0 Å². The van der Waals surface area contributed by atoms with Crippen LogP contribution in [0.5, 0.6) is 0 Å². The minimum absolute atomic E-state index is 0.769. The molecule has 0 spiro atoms. The highest BCUT2D eigenvalue weighted by Crippen LogP contribution is 2.34. The largest absolute Gasteiger partial charge is 0.0654 e. The molecule has 0 aliphatic rings. The molecule has 0 N–H and O–H groups in total. The Morgan fingerprint density at radius 1 is 0.714 bits per heavy atom. The SMILES string of the molecule is CCCCCCC(CCCCC)c1cc(I)c(I)cc1I. The zero-order chi connectivity index (χ0) is 15.7. The van der Waals surface area contributed by atoms with Crippen LogP contribution in [0.1, 0.15) is 83.1 Å². The van der Waals surface area contributed by atoms with Crippen molar-refractivity contribution in [3.63, 3.8) is 0 Å². The average molecular weight is 624 g/mol. The summed E-state index contributed by atoms with van der Waals surface area (Å²) in [6, 6.07) is 4.80. The van der Waals surface area contributed by atoms with E-state index in [2.05, 4.69) is 93.8 Å². The Kier molecular flexibility index (Phi) is 11.6. The minimum Gasteiger partial charge on any atom is -0.0654 e. The van der Waals surface area contributed by atoms with Gasteiger partial charge < -0.3 is 0 Å². The summed E-state index contributed by atoms with van der Waals surface area (Å²) in [6.07, 6.45) is 12.3. The quantitative estimate of drug-likeness (QED) is 0.140. The fraction of sp³-hybridized carbons (Fsp3) is 0.667. The number of hydrogen-bond acceptors (Lipinski definition) is 0. The van der Waals surface area contributed by atoms with E-state index in [9.17, 15) is 0 Å². The molecule has 0 aromatic heterocycles. The van der Waals surface area contributed by atoms with E-state index in [0.717, 1.165) is 5.92 Å². The summed E-state index contributed by atoms with van der Waals surface area (Å²) >= 11 is 7.48. The van der Waals surface area contributed by atoms with Crippen LogP contribution in [-0.4, -0.2) is 0 Å². The summed E-state index contributed by atoms with van der Waals surface area (Å²) in [5, 5.41) is 0. The summed E-state index contributed by atoms with van der Waals surface area (Å²) < 4.78 is 4.27. The van der Waals surface area contributed by atoms with Crippen LogP contribution in [0.15, 0.2) is 12.1 Å². The first-order chi connectivity index (χ1) is 10.1. The predicted octanol–water partition coefficient (Wildman–Crippen LogP) is 8.13. The highest BCUT2D eigenvalue weighted by molar-refractivity contribution is 14.1. The van der Waals surface area contributed by atoms with Gasteiger partial charge in [-0.25, -0.2) is 0 Å². The maximum Gasteiger partial charge on any atom is 0.0274 e. The molecule has 0 radical (unpaired) electrons. The monoisotopic (exact) mass is 624 g/mol. The van der Waals surface area contributed by atoms with E-state index in [4.69, 9.17) is 0 Å². The van der Waals surface area contributed by atoms with Crippen LogP contribution in [0, 0.1) is 10.7 Å². The molecule has 0 bridgehead atoms. The molecule has 0 amide bonds. The van der Waals surface area contributed by atoms with Crippen LogP contribution in [0.2, 0.25) is 0 Å². The normalized spacial score (nSPS) is 12.6. The Bertz CT molecular complexity index is 415. The van der Waals surface area contributed by atoms with Gasteiger partial charge in [-0.1, -0.05) is 58.8 Å². The maximum absolute atomic E-state index is 2.54. The summed E-state index contributed by atoms with van der Waals surface area (Å²) in [6.45, 7) is 4.59. The summed E-state index contributed by atoms with van der Waals surface area (Å²) in [7, 11) is 0. The molecule has 1 aromatic carbocycles. The lowest BCUT2D eigenvalue weighted by Gasteiger charge is -2.20. The van der Waals surface area contributed by atoms with Crippen molar-refractivity contribution in [2.45, 2.75) is 77.6 Å². The van der Waals surface area contributed by atoms with Gasteiger partial charge in [-0.05, 0) is 104 Å². The van der Waals surface area contributed by atoms with Gasteiger partial charge in [0.1, 0.15) is 0 Å². The van der Waals surface area contributed by atoms with Gasteiger partial charge in [0.25, 0.3) is 0 Å². The van der Waals surface area contributed by atoms with Crippen molar-refractivity contribution in [2.75, 3.05) is 0 Å². The Labute approximate surface area is 172 Å². The third kappa shape index (κ3) is 7.68. The number of rotatable bonds is 10. The van der Waals surface area contributed by atoms with Gasteiger partial charge in [-0.15, -0.1) is 0 Å². The molecule has 120 valence electrons. The highest BCUT2D eigenvalue weighted by Gasteiger charge is 2.16. The van der Waals surface area contributed by atoms with E-state index < -0.39 is 0 Å². The fourth-order valence-electron chi connectivity index (χ4n) is 2.76. The first-order valence-corrected chi connectivity index (χ1v) is 11.5. The lowest BCUT2D eigenvalue weighted by Crippen LogP contribution is -2.04. The molecule has 21 heavy (non-hydrogen) atoms. The van der Waals surface area contributed by atoms with Gasteiger partial charge in [0.15, 0.2) is 0 Å². The number of benzene rings is 1. The van der Waals surface area contributed by atoms with Gasteiger partial charge in [0, 0.05) is 10.7 Å². The minimum atomic E-state index is 0.769. The first-order valence-electron chi connectivity index (χ1n) is 8.24. The second-order valence-corrected chi connectivity index (χ2v) is 9.32. The Morgan fingerprint density at radius 2 is 1.24 bits per heavy atom. The molecule has 0 saturated carbocycles. The molecule has 1 rings (SSSR count). The fourth-order valence-corrected chi connectivity index (χ4v) is 5.23. The van der Waals surface area contributed by atoms with Crippen LogP contribution in [-0.2, 0) is 0 Å². The number of halogens is 3. The topological polar surface area (TPSA) is 0 Å². The Balaban J connectivity index is 2.76. The van der Waals surface area contributed by atoms with Crippen LogP contribution >= 0.6 is 67.8 Å². The number of unbranched alkanes of at least 4 members (excludes halogenated alkanes) is 5. The van der Waals surface area contributed by atoms with Crippen LogP contribution in [0.3, 0.4) is 0 Å². The van der Waals surface area contributed by atoms with Crippen LogP contribution in [0.25, 0.3) is 0 Å². The average Bonchev–Trinajstić information content (AvgIpc) is 2.46. The lowest BCUT2D eigenvalue weighted by atomic mass is 9.88. The molecule has 0 aliphatic heterocycles. The second kappa shape index (κ2) is 11.9. The second-order valence-electron chi connectivity index (χ2n) is 5.83.